The fraction of sp³-hybridized carbons (Fsp3) is 0. The molecule has 0 amide bonds. The first-order valence-corrected chi connectivity index (χ1v) is 12.4. The van der Waals surface area contributed by atoms with Gasteiger partial charge in [0, 0.05) is 22.5 Å². The molecule has 11 heteroatoms. The van der Waals surface area contributed by atoms with Crippen molar-refractivity contribution in [2.45, 2.75) is 9.79 Å². The highest BCUT2D eigenvalue weighted by atomic mass is 32.2. The highest BCUT2D eigenvalue weighted by Gasteiger charge is 2.29. The number of benzene rings is 3. The van der Waals surface area contributed by atoms with Crippen LogP contribution >= 0.6 is 0 Å². The molecule has 5 N–H and O–H groups in total. The van der Waals surface area contributed by atoms with Crippen LogP contribution in [0.1, 0.15) is 15.9 Å². The normalized spacial score (nSPS) is 15.1. The van der Waals surface area contributed by atoms with Gasteiger partial charge in [-0.15, -0.1) is 0 Å². The number of ketones is 1. The van der Waals surface area contributed by atoms with Crippen molar-refractivity contribution >= 4 is 42.9 Å². The molecule has 33 heavy (non-hydrogen) atoms. The number of nitrogen functional groups attached to an aromatic ring is 2. The number of anilines is 2. The summed E-state index contributed by atoms with van der Waals surface area (Å²) >= 11 is 0. The summed E-state index contributed by atoms with van der Waals surface area (Å²) in [4.78, 5) is 12.8. The van der Waals surface area contributed by atoms with Crippen LogP contribution in [0.3, 0.4) is 0 Å². The number of nitrogens with zero attached hydrogens (tertiary/aromatic N) is 1. The van der Waals surface area contributed by atoms with Gasteiger partial charge >= 0.3 is 0 Å². The van der Waals surface area contributed by atoms with Crippen molar-refractivity contribution < 1.29 is 21.6 Å². The van der Waals surface area contributed by atoms with Crippen LogP contribution < -0.4 is 16.2 Å². The third-order valence-electron chi connectivity index (χ3n) is 4.80. The molecule has 1 aliphatic carbocycles. The summed E-state index contributed by atoms with van der Waals surface area (Å²) in [6.45, 7) is 0. The summed E-state index contributed by atoms with van der Waals surface area (Å²) in [5.74, 6) is -0.617. The van der Waals surface area contributed by atoms with E-state index in [1.165, 1.54) is 60.7 Å². The number of sulfonamides is 2. The summed E-state index contributed by atoms with van der Waals surface area (Å²) in [7, 11) is -8.32. The van der Waals surface area contributed by atoms with E-state index in [9.17, 15) is 21.6 Å². The number of allylic oxidation sites excluding steroid dienone is 2. The summed E-state index contributed by atoms with van der Waals surface area (Å²) < 4.78 is 57.4. The molecule has 0 radical (unpaired) electrons. The van der Waals surface area contributed by atoms with Crippen LogP contribution in [0.15, 0.2) is 98.8 Å². The number of nitrogens with one attached hydrogen (secondary N) is 1. The smallest absolute Gasteiger partial charge is 0.282 e. The first-order chi connectivity index (χ1) is 15.6. The molecule has 0 fully saturated rings. The summed E-state index contributed by atoms with van der Waals surface area (Å²) in [5.41, 5.74) is 11.9. The Kier molecular flexibility index (Phi) is 5.52. The molecule has 0 aliphatic heterocycles. The number of carbonyl (C=O) groups excluding carboxylic acids is 1. The molecule has 1 aliphatic rings. The minimum absolute atomic E-state index is 0.0861. The molecule has 0 saturated heterocycles. The van der Waals surface area contributed by atoms with Gasteiger partial charge in [0.2, 0.25) is 5.78 Å². The highest BCUT2D eigenvalue weighted by molar-refractivity contribution is 7.90. The minimum Gasteiger partial charge on any atom is -0.399 e. The Hall–Kier alpha value is -3.96. The van der Waals surface area contributed by atoms with Crippen molar-refractivity contribution in [3.63, 3.8) is 0 Å². The Morgan fingerprint density at radius 3 is 1.79 bits per heavy atom. The topological polar surface area (TPSA) is 162 Å². The maximum Gasteiger partial charge on any atom is 0.282 e. The number of nitrogens with two attached hydrogens (primary N) is 2. The van der Waals surface area contributed by atoms with Crippen molar-refractivity contribution in [3.05, 3.63) is 95.7 Å². The Morgan fingerprint density at radius 1 is 0.697 bits per heavy atom. The third-order valence-corrected chi connectivity index (χ3v) is 7.49. The fourth-order valence-corrected chi connectivity index (χ4v) is 5.20. The maximum absolute atomic E-state index is 13.0. The molecular weight excluding hydrogens is 464 g/mol. The number of Topliss-reactive ketones (excluding diaryl/α,β-unsaturated/α-hetero) is 1. The van der Waals surface area contributed by atoms with Gasteiger partial charge in [-0.3, -0.25) is 9.52 Å². The van der Waals surface area contributed by atoms with Gasteiger partial charge in [0.25, 0.3) is 20.0 Å². The van der Waals surface area contributed by atoms with E-state index >= 15 is 0 Å². The largest absolute Gasteiger partial charge is 0.399 e. The SMILES string of the molecule is Nc1ccc(S(=O)(=O)/N=C2/C=C(NS(=O)(=O)c3ccc(N)cc3)C(=O)c3ccccc32)cc1. The van der Waals surface area contributed by atoms with Gasteiger partial charge in [0.15, 0.2) is 0 Å². The summed E-state index contributed by atoms with van der Waals surface area (Å²) in [5, 5.41) is 0. The van der Waals surface area contributed by atoms with E-state index in [-0.39, 0.29) is 32.3 Å². The monoisotopic (exact) mass is 482 g/mol. The molecular formula is C22H18N4O5S2. The molecule has 168 valence electrons. The zero-order chi connectivity index (χ0) is 23.8. The second-order valence-electron chi connectivity index (χ2n) is 7.13. The van der Waals surface area contributed by atoms with E-state index < -0.39 is 25.8 Å². The van der Waals surface area contributed by atoms with Gasteiger partial charge < -0.3 is 11.5 Å². The zero-order valence-electron chi connectivity index (χ0n) is 17.0. The van der Waals surface area contributed by atoms with E-state index in [1.54, 1.807) is 12.1 Å². The van der Waals surface area contributed by atoms with Crippen LogP contribution in [0.2, 0.25) is 0 Å². The lowest BCUT2D eigenvalue weighted by atomic mass is 9.93. The first-order valence-electron chi connectivity index (χ1n) is 9.51. The maximum atomic E-state index is 13.0. The zero-order valence-corrected chi connectivity index (χ0v) is 18.6. The van der Waals surface area contributed by atoms with E-state index in [4.69, 9.17) is 11.5 Å². The van der Waals surface area contributed by atoms with Gasteiger partial charge in [0.1, 0.15) is 0 Å². The van der Waals surface area contributed by atoms with Crippen LogP contribution in [0.4, 0.5) is 11.4 Å². The predicted molar refractivity (Wildman–Crippen MR) is 125 cm³/mol. The Balaban J connectivity index is 1.80. The van der Waals surface area contributed by atoms with Crippen molar-refractivity contribution in [3.8, 4) is 0 Å². The van der Waals surface area contributed by atoms with Crippen LogP contribution in [-0.2, 0) is 20.0 Å². The molecule has 3 aromatic carbocycles. The summed E-state index contributed by atoms with van der Waals surface area (Å²) in [6.07, 6.45) is 1.11. The molecule has 0 heterocycles. The van der Waals surface area contributed by atoms with E-state index in [2.05, 4.69) is 9.12 Å². The van der Waals surface area contributed by atoms with Gasteiger partial charge in [0.05, 0.1) is 21.2 Å². The van der Waals surface area contributed by atoms with Crippen molar-refractivity contribution in [2.75, 3.05) is 11.5 Å². The number of rotatable bonds is 5. The Morgan fingerprint density at radius 2 is 1.21 bits per heavy atom. The second-order valence-corrected chi connectivity index (χ2v) is 10.4. The molecule has 0 saturated carbocycles. The quantitative estimate of drug-likeness (QED) is 0.469. The van der Waals surface area contributed by atoms with Crippen LogP contribution in [0.5, 0.6) is 0 Å². The number of carbonyl (C=O) groups is 1. The van der Waals surface area contributed by atoms with Gasteiger partial charge in [-0.25, -0.2) is 8.42 Å². The van der Waals surface area contributed by atoms with Crippen LogP contribution in [0.25, 0.3) is 0 Å². The van der Waals surface area contributed by atoms with Gasteiger partial charge in [-0.1, -0.05) is 24.3 Å². The van der Waals surface area contributed by atoms with Gasteiger partial charge in [-0.2, -0.15) is 12.8 Å². The summed E-state index contributed by atoms with van der Waals surface area (Å²) in [6, 6.07) is 17.1. The number of hydrogen-bond acceptors (Lipinski definition) is 7. The lowest BCUT2D eigenvalue weighted by Crippen LogP contribution is -2.31. The third kappa shape index (κ3) is 4.49. The standard InChI is InChI=1S/C22H18N4O5S2/c23-14-5-9-16(10-6-14)32(28,29)25-20-13-21(22(27)19-4-2-1-3-18(19)20)26-33(30,31)17-11-7-15(24)8-12-17/h1-13,26H,23-24H2/b25-20-. The van der Waals surface area contributed by atoms with Gasteiger partial charge in [-0.05, 0) is 54.6 Å². The first kappa shape index (κ1) is 22.2. The molecule has 0 unspecified atom stereocenters. The van der Waals surface area contributed by atoms with Crippen molar-refractivity contribution in [1.82, 2.24) is 4.72 Å². The molecule has 3 aromatic rings. The van der Waals surface area contributed by atoms with E-state index in [1.807, 2.05) is 0 Å². The molecule has 0 atom stereocenters. The fourth-order valence-electron chi connectivity index (χ4n) is 3.15. The Labute approximate surface area is 190 Å². The van der Waals surface area contributed by atoms with E-state index in [0.29, 0.717) is 11.4 Å². The Bertz CT molecular complexity index is 1520. The average Bonchev–Trinajstić information content (AvgIpc) is 2.77. The lowest BCUT2D eigenvalue weighted by molar-refractivity contribution is 0.102. The molecule has 0 spiro atoms. The minimum atomic E-state index is -4.18. The number of hydrogen-bond donors (Lipinski definition) is 3. The molecule has 0 bridgehead atoms. The molecule has 9 nitrogen and oxygen atoms in total. The van der Waals surface area contributed by atoms with E-state index in [0.717, 1.165) is 6.08 Å². The van der Waals surface area contributed by atoms with Crippen LogP contribution in [0, 0.1) is 0 Å². The molecule has 4 rings (SSSR count). The second kappa shape index (κ2) is 8.19. The van der Waals surface area contributed by atoms with Crippen LogP contribution in [-0.4, -0.2) is 28.3 Å². The van der Waals surface area contributed by atoms with Crippen molar-refractivity contribution in [2.24, 2.45) is 4.40 Å². The molecule has 0 aromatic heterocycles. The predicted octanol–water partition coefficient (Wildman–Crippen LogP) is 2.09. The van der Waals surface area contributed by atoms with Crippen molar-refractivity contribution in [1.29, 1.82) is 0 Å². The highest BCUT2D eigenvalue weighted by Crippen LogP contribution is 2.24. The average molecular weight is 483 g/mol. The lowest BCUT2D eigenvalue weighted by Gasteiger charge is -2.18. The number of fused-ring (bicyclic) bond motifs is 1.